The molecular formula is C19H17NO4S. The molecule has 1 amide bonds. The molecule has 0 spiro atoms. The quantitative estimate of drug-likeness (QED) is 0.754. The van der Waals surface area contributed by atoms with Crippen molar-refractivity contribution in [2.75, 3.05) is 13.3 Å². The number of ether oxygens (including phenoxy) is 2. The number of fused-ring (bicyclic) bond motifs is 2. The lowest BCUT2D eigenvalue weighted by molar-refractivity contribution is 0.0526. The number of hydrogen-bond donors (Lipinski definition) is 2. The Bertz CT molecular complexity index is 915. The Hall–Kier alpha value is -2.57. The van der Waals surface area contributed by atoms with E-state index in [4.69, 9.17) is 9.47 Å². The lowest BCUT2D eigenvalue weighted by Gasteiger charge is -2.24. The summed E-state index contributed by atoms with van der Waals surface area (Å²) in [6.07, 6.45) is 0. The highest BCUT2D eigenvalue weighted by molar-refractivity contribution is 7.20. The van der Waals surface area contributed by atoms with Crippen molar-refractivity contribution in [2.45, 2.75) is 12.5 Å². The first kappa shape index (κ1) is 15.9. The maximum atomic E-state index is 12.4. The molecule has 1 aliphatic rings. The lowest BCUT2D eigenvalue weighted by Crippen LogP contribution is -2.38. The Morgan fingerprint density at radius 2 is 2.00 bits per heavy atom. The van der Waals surface area contributed by atoms with Gasteiger partial charge in [0.1, 0.15) is 5.60 Å². The van der Waals surface area contributed by atoms with Crippen molar-refractivity contribution in [2.24, 2.45) is 0 Å². The highest BCUT2D eigenvalue weighted by Crippen LogP contribution is 2.35. The molecule has 2 aromatic carbocycles. The zero-order valence-corrected chi connectivity index (χ0v) is 14.4. The zero-order valence-electron chi connectivity index (χ0n) is 13.6. The minimum Gasteiger partial charge on any atom is -0.454 e. The van der Waals surface area contributed by atoms with E-state index in [2.05, 4.69) is 5.32 Å². The van der Waals surface area contributed by atoms with Crippen molar-refractivity contribution in [1.29, 1.82) is 0 Å². The van der Waals surface area contributed by atoms with E-state index in [0.29, 0.717) is 21.9 Å². The molecule has 25 heavy (non-hydrogen) atoms. The highest BCUT2D eigenvalue weighted by Gasteiger charge is 2.27. The van der Waals surface area contributed by atoms with Gasteiger partial charge in [-0.2, -0.15) is 0 Å². The van der Waals surface area contributed by atoms with Gasteiger partial charge in [0.25, 0.3) is 5.91 Å². The van der Waals surface area contributed by atoms with Gasteiger partial charge in [0, 0.05) is 4.70 Å². The maximum Gasteiger partial charge on any atom is 0.261 e. The molecule has 0 saturated carbocycles. The molecule has 0 aliphatic carbocycles. The Labute approximate surface area is 148 Å². The van der Waals surface area contributed by atoms with E-state index in [0.717, 1.165) is 10.1 Å². The van der Waals surface area contributed by atoms with Crippen LogP contribution in [0.15, 0.2) is 48.5 Å². The fourth-order valence-electron chi connectivity index (χ4n) is 2.77. The summed E-state index contributed by atoms with van der Waals surface area (Å²) in [6.45, 7) is 1.94. The van der Waals surface area contributed by atoms with Crippen LogP contribution in [0.1, 0.15) is 22.2 Å². The topological polar surface area (TPSA) is 67.8 Å². The van der Waals surface area contributed by atoms with Crippen LogP contribution in [-0.4, -0.2) is 24.4 Å². The number of carbonyl (C=O) groups excluding carboxylic acids is 1. The number of aliphatic hydroxyl groups is 1. The summed E-state index contributed by atoms with van der Waals surface area (Å²) < 4.78 is 11.7. The molecule has 4 rings (SSSR count). The Balaban J connectivity index is 1.48. The predicted octanol–water partition coefficient (Wildman–Crippen LogP) is 3.27. The van der Waals surface area contributed by atoms with Crippen LogP contribution in [0.2, 0.25) is 0 Å². The SMILES string of the molecule is C[C@@](O)(CNC(=O)c1cc2ccccc2s1)c1ccc2c(c1)OCO2. The Morgan fingerprint density at radius 1 is 1.20 bits per heavy atom. The van der Waals surface area contributed by atoms with Gasteiger partial charge in [-0.05, 0) is 42.1 Å². The molecule has 1 atom stereocenters. The van der Waals surface area contributed by atoms with Crippen LogP contribution in [0, 0.1) is 0 Å². The number of amides is 1. The normalized spacial score (nSPS) is 15.1. The van der Waals surface area contributed by atoms with Gasteiger partial charge in [0.05, 0.1) is 11.4 Å². The van der Waals surface area contributed by atoms with E-state index in [1.807, 2.05) is 30.3 Å². The van der Waals surface area contributed by atoms with Gasteiger partial charge in [-0.3, -0.25) is 4.79 Å². The number of hydrogen-bond acceptors (Lipinski definition) is 5. The van der Waals surface area contributed by atoms with E-state index in [1.54, 1.807) is 25.1 Å². The van der Waals surface area contributed by atoms with Crippen molar-refractivity contribution >= 4 is 27.3 Å². The van der Waals surface area contributed by atoms with Crippen LogP contribution >= 0.6 is 11.3 Å². The van der Waals surface area contributed by atoms with E-state index in [9.17, 15) is 9.90 Å². The third-order valence-corrected chi connectivity index (χ3v) is 5.35. The molecule has 0 unspecified atom stereocenters. The summed E-state index contributed by atoms with van der Waals surface area (Å²) in [7, 11) is 0. The number of benzene rings is 2. The largest absolute Gasteiger partial charge is 0.454 e. The van der Waals surface area contributed by atoms with Crippen molar-refractivity contribution < 1.29 is 19.4 Å². The van der Waals surface area contributed by atoms with Crippen LogP contribution in [0.4, 0.5) is 0 Å². The van der Waals surface area contributed by atoms with Gasteiger partial charge in [0.2, 0.25) is 6.79 Å². The first-order valence-corrected chi connectivity index (χ1v) is 8.74. The Morgan fingerprint density at radius 3 is 2.84 bits per heavy atom. The van der Waals surface area contributed by atoms with Crippen molar-refractivity contribution in [3.05, 3.63) is 59.0 Å². The first-order valence-electron chi connectivity index (χ1n) is 7.92. The maximum absolute atomic E-state index is 12.4. The van der Waals surface area contributed by atoms with Crippen LogP contribution in [0.5, 0.6) is 11.5 Å². The van der Waals surface area contributed by atoms with E-state index >= 15 is 0 Å². The molecule has 0 radical (unpaired) electrons. The molecule has 1 aliphatic heterocycles. The Kier molecular flexibility index (Phi) is 3.86. The van der Waals surface area contributed by atoms with Crippen LogP contribution in [-0.2, 0) is 5.60 Å². The van der Waals surface area contributed by atoms with Gasteiger partial charge in [-0.15, -0.1) is 11.3 Å². The third-order valence-electron chi connectivity index (χ3n) is 4.24. The fraction of sp³-hybridized carbons (Fsp3) is 0.211. The smallest absolute Gasteiger partial charge is 0.261 e. The summed E-state index contributed by atoms with van der Waals surface area (Å²) in [5, 5.41) is 14.6. The second-order valence-electron chi connectivity index (χ2n) is 6.17. The van der Waals surface area contributed by atoms with Crippen LogP contribution in [0.25, 0.3) is 10.1 Å². The zero-order chi connectivity index (χ0) is 17.4. The van der Waals surface area contributed by atoms with E-state index in [-0.39, 0.29) is 19.2 Å². The van der Waals surface area contributed by atoms with Crippen molar-refractivity contribution in [3.8, 4) is 11.5 Å². The fourth-order valence-corrected chi connectivity index (χ4v) is 3.75. The lowest BCUT2D eigenvalue weighted by atomic mass is 9.95. The molecular weight excluding hydrogens is 338 g/mol. The minimum atomic E-state index is -1.21. The predicted molar refractivity (Wildman–Crippen MR) is 96.3 cm³/mol. The molecule has 0 bridgehead atoms. The molecule has 0 saturated heterocycles. The summed E-state index contributed by atoms with van der Waals surface area (Å²) in [6, 6.07) is 15.0. The standard InChI is InChI=1S/C19H17NO4S/c1-19(22,13-6-7-14-15(9-13)24-11-23-14)10-20-18(21)17-8-12-4-2-3-5-16(12)25-17/h2-9,22H,10-11H2,1H3,(H,20,21)/t19-/m1/s1. The number of carbonyl (C=O) groups is 1. The third kappa shape index (κ3) is 3.06. The van der Waals surface area contributed by atoms with Crippen LogP contribution in [0.3, 0.4) is 0 Å². The van der Waals surface area contributed by atoms with Crippen LogP contribution < -0.4 is 14.8 Å². The molecule has 128 valence electrons. The minimum absolute atomic E-state index is 0.0969. The van der Waals surface area contributed by atoms with Gasteiger partial charge in [0.15, 0.2) is 11.5 Å². The second-order valence-corrected chi connectivity index (χ2v) is 7.26. The number of thiophene rings is 1. The molecule has 3 aromatic rings. The van der Waals surface area contributed by atoms with Crippen molar-refractivity contribution in [1.82, 2.24) is 5.32 Å². The van der Waals surface area contributed by atoms with Gasteiger partial charge < -0.3 is 19.9 Å². The highest BCUT2D eigenvalue weighted by atomic mass is 32.1. The summed E-state index contributed by atoms with van der Waals surface area (Å²) >= 11 is 1.44. The summed E-state index contributed by atoms with van der Waals surface area (Å²) in [5.41, 5.74) is -0.554. The first-order chi connectivity index (χ1) is 12.0. The summed E-state index contributed by atoms with van der Waals surface area (Å²) in [4.78, 5) is 13.1. The van der Waals surface area contributed by atoms with E-state index in [1.165, 1.54) is 11.3 Å². The molecule has 2 N–H and O–H groups in total. The van der Waals surface area contributed by atoms with Gasteiger partial charge in [-0.25, -0.2) is 0 Å². The average molecular weight is 355 g/mol. The number of nitrogens with one attached hydrogen (secondary N) is 1. The average Bonchev–Trinajstić information content (AvgIpc) is 3.25. The molecule has 6 heteroatoms. The number of rotatable bonds is 4. The second kappa shape index (κ2) is 6.06. The monoisotopic (exact) mass is 355 g/mol. The van der Waals surface area contributed by atoms with Crippen molar-refractivity contribution in [3.63, 3.8) is 0 Å². The molecule has 2 heterocycles. The summed E-state index contributed by atoms with van der Waals surface area (Å²) in [5.74, 6) is 1.07. The molecule has 0 fully saturated rings. The molecule has 1 aromatic heterocycles. The molecule has 5 nitrogen and oxygen atoms in total. The van der Waals surface area contributed by atoms with Gasteiger partial charge in [-0.1, -0.05) is 24.3 Å². The van der Waals surface area contributed by atoms with E-state index < -0.39 is 5.60 Å². The van der Waals surface area contributed by atoms with Gasteiger partial charge >= 0.3 is 0 Å².